The van der Waals surface area contributed by atoms with Crippen molar-refractivity contribution < 1.29 is 0 Å². The van der Waals surface area contributed by atoms with E-state index in [0.717, 1.165) is 16.8 Å². The minimum Gasteiger partial charge on any atom is -0.399 e. The van der Waals surface area contributed by atoms with E-state index >= 15 is 0 Å². The Kier molecular flexibility index (Phi) is 5.43. The smallest absolute Gasteiger partial charge is 0.0541 e. The predicted molar refractivity (Wildman–Crippen MR) is 200 cm³/mol. The van der Waals surface area contributed by atoms with Crippen molar-refractivity contribution in [3.8, 4) is 22.5 Å². The van der Waals surface area contributed by atoms with E-state index in [-0.39, 0.29) is 0 Å². The molecule has 47 heavy (non-hydrogen) atoms. The van der Waals surface area contributed by atoms with Gasteiger partial charge in [0.25, 0.3) is 0 Å². The van der Waals surface area contributed by atoms with Gasteiger partial charge in [-0.15, -0.1) is 0 Å². The lowest BCUT2D eigenvalue weighted by atomic mass is 10.0. The molecule has 2 heterocycles. The number of aromatic nitrogens is 2. The Morgan fingerprint density at radius 3 is 1.47 bits per heavy atom. The number of nitrogens with two attached hydrogens (primary N) is 1. The van der Waals surface area contributed by atoms with Gasteiger partial charge >= 0.3 is 0 Å². The lowest BCUT2D eigenvalue weighted by molar-refractivity contribution is 1.18. The highest BCUT2D eigenvalue weighted by Gasteiger charge is 2.16. The van der Waals surface area contributed by atoms with Crippen LogP contribution in [0.25, 0.3) is 87.7 Å². The summed E-state index contributed by atoms with van der Waals surface area (Å²) in [6, 6.07) is 59.3. The lowest BCUT2D eigenvalue weighted by Crippen LogP contribution is -1.94. The van der Waals surface area contributed by atoms with E-state index in [1.165, 1.54) is 76.6 Å². The molecule has 0 fully saturated rings. The number of para-hydroxylation sites is 3. The zero-order valence-corrected chi connectivity index (χ0v) is 25.6. The third-order valence-corrected chi connectivity index (χ3v) is 9.79. The van der Waals surface area contributed by atoms with Gasteiger partial charge in [-0.05, 0) is 105 Å². The Morgan fingerprint density at radius 2 is 0.830 bits per heavy atom. The highest BCUT2D eigenvalue weighted by Crippen LogP contribution is 2.39. The second-order valence-electron chi connectivity index (χ2n) is 12.5. The maximum Gasteiger partial charge on any atom is 0.0541 e. The molecule has 0 bridgehead atoms. The van der Waals surface area contributed by atoms with Crippen LogP contribution < -0.4 is 5.73 Å². The van der Waals surface area contributed by atoms with Crippen LogP contribution in [0.2, 0.25) is 0 Å². The summed E-state index contributed by atoms with van der Waals surface area (Å²) in [7, 11) is 0. The second-order valence-corrected chi connectivity index (χ2v) is 12.5. The quantitative estimate of drug-likeness (QED) is 0.159. The first-order valence-corrected chi connectivity index (χ1v) is 16.1. The van der Waals surface area contributed by atoms with E-state index in [4.69, 9.17) is 5.73 Å². The molecule has 0 aliphatic carbocycles. The third kappa shape index (κ3) is 3.87. The van der Waals surface area contributed by atoms with Crippen LogP contribution >= 0.6 is 0 Å². The monoisotopic (exact) mass is 599 g/mol. The summed E-state index contributed by atoms with van der Waals surface area (Å²) in [5.41, 5.74) is 16.5. The van der Waals surface area contributed by atoms with Gasteiger partial charge in [-0.3, -0.25) is 0 Å². The fraction of sp³-hybridized carbons (Fsp3) is 0. The molecule has 2 N–H and O–H groups in total. The van der Waals surface area contributed by atoms with Crippen molar-refractivity contribution in [1.82, 2.24) is 9.13 Å². The number of nitrogen functional groups attached to an aromatic ring is 1. The molecule has 3 heteroatoms. The third-order valence-electron chi connectivity index (χ3n) is 9.79. The highest BCUT2D eigenvalue weighted by atomic mass is 15.0. The normalized spacial score (nSPS) is 11.9. The molecule has 0 saturated carbocycles. The fourth-order valence-corrected chi connectivity index (χ4v) is 7.65. The number of fused-ring (bicyclic) bond motifs is 9. The van der Waals surface area contributed by atoms with Crippen LogP contribution in [0.4, 0.5) is 5.69 Å². The van der Waals surface area contributed by atoms with E-state index in [1.54, 1.807) is 0 Å². The van der Waals surface area contributed by atoms with Crippen LogP contribution in [0.1, 0.15) is 0 Å². The van der Waals surface area contributed by atoms with Gasteiger partial charge in [0.15, 0.2) is 0 Å². The molecular formula is C44H29N3. The van der Waals surface area contributed by atoms with E-state index in [0.29, 0.717) is 0 Å². The molecule has 0 radical (unpaired) electrons. The summed E-state index contributed by atoms with van der Waals surface area (Å²) in [6.07, 6.45) is 0. The van der Waals surface area contributed by atoms with Crippen molar-refractivity contribution in [3.63, 3.8) is 0 Å². The first kappa shape index (κ1) is 26.0. The van der Waals surface area contributed by atoms with Crippen LogP contribution in [0, 0.1) is 0 Å². The minimum atomic E-state index is 0.789. The summed E-state index contributed by atoms with van der Waals surface area (Å²) in [5.74, 6) is 0. The predicted octanol–water partition coefficient (Wildman–Crippen LogP) is 11.4. The van der Waals surface area contributed by atoms with E-state index in [2.05, 4.69) is 161 Å². The van der Waals surface area contributed by atoms with Crippen molar-refractivity contribution >= 4 is 70.8 Å². The van der Waals surface area contributed by atoms with Gasteiger partial charge < -0.3 is 14.9 Å². The Morgan fingerprint density at radius 1 is 0.319 bits per heavy atom. The average Bonchev–Trinajstić information content (AvgIpc) is 3.64. The summed E-state index contributed by atoms with van der Waals surface area (Å²) >= 11 is 0. The van der Waals surface area contributed by atoms with Gasteiger partial charge in [0, 0.05) is 38.6 Å². The maximum atomic E-state index is 6.07. The first-order chi connectivity index (χ1) is 23.2. The van der Waals surface area contributed by atoms with Crippen LogP contribution in [0.3, 0.4) is 0 Å². The number of benzene rings is 8. The van der Waals surface area contributed by atoms with Gasteiger partial charge in [0.05, 0.1) is 22.1 Å². The summed E-state index contributed by atoms with van der Waals surface area (Å²) < 4.78 is 4.77. The molecule has 10 rings (SSSR count). The summed E-state index contributed by atoms with van der Waals surface area (Å²) in [4.78, 5) is 0. The molecule has 10 aromatic rings. The largest absolute Gasteiger partial charge is 0.399 e. The minimum absolute atomic E-state index is 0.789. The molecule has 3 nitrogen and oxygen atoms in total. The van der Waals surface area contributed by atoms with Crippen molar-refractivity contribution in [1.29, 1.82) is 0 Å². The Bertz CT molecular complexity index is 2850. The Hall–Kier alpha value is -6.32. The molecule has 0 unspecified atom stereocenters. The first-order valence-electron chi connectivity index (χ1n) is 16.1. The van der Waals surface area contributed by atoms with Gasteiger partial charge in [-0.25, -0.2) is 0 Å². The van der Waals surface area contributed by atoms with Crippen LogP contribution in [0.5, 0.6) is 0 Å². The van der Waals surface area contributed by atoms with Crippen LogP contribution in [-0.2, 0) is 0 Å². The van der Waals surface area contributed by atoms with E-state index in [1.807, 2.05) is 12.1 Å². The number of hydrogen-bond acceptors (Lipinski definition) is 1. The standard InChI is InChI=1S/C44H29N3/c45-32-18-20-35-30(24-32)14-15-31-25-34(19-21-36(31)35)47-42-13-7-5-11-38(42)40-27-29(17-23-44(40)47)28-16-22-43-39(26-28)37-10-4-6-12-41(37)46(43)33-8-2-1-3-9-33/h1-27H,45H2. The average molecular weight is 600 g/mol. The Labute approximate surface area is 271 Å². The van der Waals surface area contributed by atoms with E-state index in [9.17, 15) is 0 Å². The van der Waals surface area contributed by atoms with Crippen LogP contribution in [0.15, 0.2) is 164 Å². The molecule has 0 saturated heterocycles. The number of hydrogen-bond donors (Lipinski definition) is 1. The summed E-state index contributed by atoms with van der Waals surface area (Å²) in [6.45, 7) is 0. The Balaban J connectivity index is 1.15. The van der Waals surface area contributed by atoms with Gasteiger partial charge in [-0.1, -0.05) is 91.0 Å². The van der Waals surface area contributed by atoms with Crippen molar-refractivity contribution in [2.75, 3.05) is 5.73 Å². The van der Waals surface area contributed by atoms with Gasteiger partial charge in [0.1, 0.15) is 0 Å². The molecule has 0 aliphatic rings. The molecule has 0 spiro atoms. The number of anilines is 1. The maximum absolute atomic E-state index is 6.07. The van der Waals surface area contributed by atoms with Crippen LogP contribution in [-0.4, -0.2) is 9.13 Å². The molecule has 0 aliphatic heterocycles. The molecule has 0 amide bonds. The summed E-state index contributed by atoms with van der Waals surface area (Å²) in [5, 5.41) is 9.86. The van der Waals surface area contributed by atoms with Gasteiger partial charge in [0.2, 0.25) is 0 Å². The topological polar surface area (TPSA) is 35.9 Å². The second kappa shape index (κ2) is 9.84. The van der Waals surface area contributed by atoms with Crippen molar-refractivity contribution in [2.45, 2.75) is 0 Å². The number of rotatable bonds is 3. The lowest BCUT2D eigenvalue weighted by Gasteiger charge is -2.11. The molecular weight excluding hydrogens is 571 g/mol. The zero-order chi connectivity index (χ0) is 31.1. The molecule has 220 valence electrons. The molecule has 0 atom stereocenters. The molecule has 8 aromatic carbocycles. The van der Waals surface area contributed by atoms with Gasteiger partial charge in [-0.2, -0.15) is 0 Å². The number of nitrogens with zero attached hydrogens (tertiary/aromatic N) is 2. The SMILES string of the molecule is Nc1ccc2c(ccc3cc(-n4c5ccccc5c5cc(-c6ccc7c(c6)c6ccccc6n7-c6ccccc6)ccc54)ccc32)c1. The fourth-order valence-electron chi connectivity index (χ4n) is 7.65. The van der Waals surface area contributed by atoms with Crippen molar-refractivity contribution in [2.24, 2.45) is 0 Å². The molecule has 2 aromatic heterocycles. The van der Waals surface area contributed by atoms with E-state index < -0.39 is 0 Å². The zero-order valence-electron chi connectivity index (χ0n) is 25.6. The van der Waals surface area contributed by atoms with Crippen molar-refractivity contribution in [3.05, 3.63) is 164 Å². The highest BCUT2D eigenvalue weighted by molar-refractivity contribution is 6.13.